The Balaban J connectivity index is 2.25. The number of nitro benzene ring substituents is 1. The summed E-state index contributed by atoms with van der Waals surface area (Å²) in [5.41, 5.74) is 0.640. The molecule has 1 N–H and O–H groups in total. The number of hydrogen-bond donors (Lipinski definition) is 1. The highest BCUT2D eigenvalue weighted by molar-refractivity contribution is 5.96. The van der Waals surface area contributed by atoms with Crippen molar-refractivity contribution >= 4 is 17.3 Å². The summed E-state index contributed by atoms with van der Waals surface area (Å²) in [6.07, 6.45) is 2.18. The van der Waals surface area contributed by atoms with Crippen molar-refractivity contribution in [2.45, 2.75) is 25.3 Å². The van der Waals surface area contributed by atoms with E-state index in [1.54, 1.807) is 11.9 Å². The van der Waals surface area contributed by atoms with Gasteiger partial charge in [0.25, 0.3) is 11.6 Å². The van der Waals surface area contributed by atoms with Crippen LogP contribution in [0.5, 0.6) is 0 Å². The zero-order chi connectivity index (χ0) is 15.4. The molecule has 110 valence electrons. The maximum absolute atomic E-state index is 12.5. The molecule has 1 aliphatic carbocycles. The standard InChI is InChI=1S/C14H16N4O3/c1-16-12-9-10(3-6-13(12)18(20)21)14(19)17(8-2-7-15)11-4-5-11/h3,6,9,11,16H,2,4-5,8H2,1H3. The van der Waals surface area contributed by atoms with Gasteiger partial charge in [-0.05, 0) is 25.0 Å². The number of nitro groups is 1. The second-order valence-electron chi connectivity index (χ2n) is 4.88. The Bertz CT molecular complexity index is 605. The van der Waals surface area contributed by atoms with E-state index in [2.05, 4.69) is 5.32 Å². The molecule has 1 aromatic rings. The van der Waals surface area contributed by atoms with Crippen molar-refractivity contribution in [3.05, 3.63) is 33.9 Å². The van der Waals surface area contributed by atoms with E-state index in [9.17, 15) is 14.9 Å². The van der Waals surface area contributed by atoms with Gasteiger partial charge in [-0.2, -0.15) is 5.26 Å². The smallest absolute Gasteiger partial charge is 0.292 e. The number of nitrogens with one attached hydrogen (secondary N) is 1. The van der Waals surface area contributed by atoms with Crippen LogP contribution in [0.4, 0.5) is 11.4 Å². The monoisotopic (exact) mass is 288 g/mol. The molecule has 1 aliphatic rings. The van der Waals surface area contributed by atoms with Gasteiger partial charge in [0.05, 0.1) is 17.4 Å². The average molecular weight is 288 g/mol. The number of rotatable bonds is 6. The van der Waals surface area contributed by atoms with Gasteiger partial charge in [0, 0.05) is 31.3 Å². The summed E-state index contributed by atoms with van der Waals surface area (Å²) >= 11 is 0. The highest BCUT2D eigenvalue weighted by atomic mass is 16.6. The number of hydrogen-bond acceptors (Lipinski definition) is 5. The summed E-state index contributed by atoms with van der Waals surface area (Å²) in [4.78, 5) is 24.6. The van der Waals surface area contributed by atoms with Crippen molar-refractivity contribution in [3.63, 3.8) is 0 Å². The van der Waals surface area contributed by atoms with Crippen LogP contribution in [-0.2, 0) is 0 Å². The molecule has 1 fully saturated rings. The molecule has 0 saturated heterocycles. The van der Waals surface area contributed by atoms with E-state index in [1.165, 1.54) is 18.2 Å². The van der Waals surface area contributed by atoms with Gasteiger partial charge in [-0.15, -0.1) is 0 Å². The lowest BCUT2D eigenvalue weighted by Crippen LogP contribution is -2.33. The molecule has 2 rings (SSSR count). The first-order valence-electron chi connectivity index (χ1n) is 6.72. The van der Waals surface area contributed by atoms with Gasteiger partial charge in [0.15, 0.2) is 0 Å². The molecular formula is C14H16N4O3. The number of nitriles is 1. The number of carbonyl (C=O) groups excluding carboxylic acids is 1. The van der Waals surface area contributed by atoms with Crippen LogP contribution in [0.15, 0.2) is 18.2 Å². The number of nitrogens with zero attached hydrogens (tertiary/aromatic N) is 3. The third-order valence-corrected chi connectivity index (χ3v) is 3.42. The van der Waals surface area contributed by atoms with Gasteiger partial charge < -0.3 is 10.2 Å². The van der Waals surface area contributed by atoms with Gasteiger partial charge in [0.1, 0.15) is 5.69 Å². The molecule has 21 heavy (non-hydrogen) atoms. The lowest BCUT2D eigenvalue weighted by molar-refractivity contribution is -0.383. The van der Waals surface area contributed by atoms with Crippen LogP contribution in [0.25, 0.3) is 0 Å². The minimum absolute atomic E-state index is 0.0657. The number of anilines is 1. The summed E-state index contributed by atoms with van der Waals surface area (Å²) in [6, 6.07) is 6.51. The molecule has 0 aromatic heterocycles. The summed E-state index contributed by atoms with van der Waals surface area (Å²) in [6.45, 7) is 0.395. The van der Waals surface area contributed by atoms with Crippen LogP contribution in [0.1, 0.15) is 29.6 Å². The predicted molar refractivity (Wildman–Crippen MR) is 76.9 cm³/mol. The van der Waals surface area contributed by atoms with Crippen LogP contribution < -0.4 is 5.32 Å². The Morgan fingerprint density at radius 2 is 2.29 bits per heavy atom. The van der Waals surface area contributed by atoms with Crippen molar-refractivity contribution in [3.8, 4) is 6.07 Å². The lowest BCUT2D eigenvalue weighted by Gasteiger charge is -2.21. The predicted octanol–water partition coefficient (Wildman–Crippen LogP) is 2.15. The second-order valence-corrected chi connectivity index (χ2v) is 4.88. The zero-order valence-corrected chi connectivity index (χ0v) is 11.7. The summed E-state index contributed by atoms with van der Waals surface area (Å²) in [5, 5.41) is 22.3. The summed E-state index contributed by atoms with van der Waals surface area (Å²) in [7, 11) is 1.57. The van der Waals surface area contributed by atoms with E-state index in [0.29, 0.717) is 17.8 Å². The molecular weight excluding hydrogens is 272 g/mol. The largest absolute Gasteiger partial charge is 0.383 e. The van der Waals surface area contributed by atoms with E-state index in [4.69, 9.17) is 5.26 Å². The van der Waals surface area contributed by atoms with Crippen molar-refractivity contribution in [1.82, 2.24) is 4.90 Å². The molecule has 0 heterocycles. The third-order valence-electron chi connectivity index (χ3n) is 3.42. The lowest BCUT2D eigenvalue weighted by atomic mass is 10.1. The van der Waals surface area contributed by atoms with Crippen LogP contribution in [0, 0.1) is 21.4 Å². The SMILES string of the molecule is CNc1cc(C(=O)N(CCC#N)C2CC2)ccc1[N+](=O)[O-]. The fourth-order valence-electron chi connectivity index (χ4n) is 2.20. The Morgan fingerprint density at radius 1 is 1.57 bits per heavy atom. The van der Waals surface area contributed by atoms with Gasteiger partial charge in [0.2, 0.25) is 0 Å². The van der Waals surface area contributed by atoms with E-state index in [1.807, 2.05) is 6.07 Å². The van der Waals surface area contributed by atoms with Crippen LogP contribution in [0.2, 0.25) is 0 Å². The van der Waals surface area contributed by atoms with Crippen LogP contribution >= 0.6 is 0 Å². The molecule has 0 bridgehead atoms. The molecule has 1 amide bonds. The summed E-state index contributed by atoms with van der Waals surface area (Å²) < 4.78 is 0. The van der Waals surface area contributed by atoms with Gasteiger partial charge >= 0.3 is 0 Å². The van der Waals surface area contributed by atoms with E-state index in [0.717, 1.165) is 12.8 Å². The third kappa shape index (κ3) is 3.28. The Hall–Kier alpha value is -2.62. The molecule has 7 heteroatoms. The number of amides is 1. The highest BCUT2D eigenvalue weighted by Crippen LogP contribution is 2.30. The van der Waals surface area contributed by atoms with Crippen molar-refractivity contribution < 1.29 is 9.72 Å². The molecule has 0 radical (unpaired) electrons. The van der Waals surface area contributed by atoms with Gasteiger partial charge in [-0.1, -0.05) is 0 Å². The Morgan fingerprint density at radius 3 is 2.81 bits per heavy atom. The quantitative estimate of drug-likeness (QED) is 0.638. The topological polar surface area (TPSA) is 99.3 Å². The molecule has 0 unspecified atom stereocenters. The first-order valence-corrected chi connectivity index (χ1v) is 6.72. The molecule has 0 aliphatic heterocycles. The van der Waals surface area contributed by atoms with Gasteiger partial charge in [-0.3, -0.25) is 14.9 Å². The Kier molecular flexibility index (Phi) is 4.38. The van der Waals surface area contributed by atoms with Crippen molar-refractivity contribution in [2.75, 3.05) is 18.9 Å². The Labute approximate surface area is 122 Å². The molecule has 0 atom stereocenters. The zero-order valence-electron chi connectivity index (χ0n) is 11.7. The second kappa shape index (κ2) is 6.22. The van der Waals surface area contributed by atoms with E-state index in [-0.39, 0.29) is 24.1 Å². The van der Waals surface area contributed by atoms with Crippen LogP contribution in [-0.4, -0.2) is 35.4 Å². The first kappa shape index (κ1) is 14.8. The fraction of sp³-hybridized carbons (Fsp3) is 0.429. The normalized spacial score (nSPS) is 13.3. The van der Waals surface area contributed by atoms with E-state index >= 15 is 0 Å². The molecule has 1 saturated carbocycles. The average Bonchev–Trinajstić information content (AvgIpc) is 3.31. The maximum Gasteiger partial charge on any atom is 0.292 e. The molecule has 0 spiro atoms. The summed E-state index contributed by atoms with van der Waals surface area (Å²) in [5.74, 6) is -0.181. The first-order chi connectivity index (χ1) is 10.1. The van der Waals surface area contributed by atoms with Crippen LogP contribution in [0.3, 0.4) is 0 Å². The van der Waals surface area contributed by atoms with E-state index < -0.39 is 4.92 Å². The van der Waals surface area contributed by atoms with Crippen molar-refractivity contribution in [2.24, 2.45) is 0 Å². The van der Waals surface area contributed by atoms with Crippen molar-refractivity contribution in [1.29, 1.82) is 5.26 Å². The fourth-order valence-corrected chi connectivity index (χ4v) is 2.20. The minimum Gasteiger partial charge on any atom is -0.383 e. The number of benzene rings is 1. The minimum atomic E-state index is -0.492. The van der Waals surface area contributed by atoms with Gasteiger partial charge in [-0.25, -0.2) is 0 Å². The highest BCUT2D eigenvalue weighted by Gasteiger charge is 2.33. The molecule has 7 nitrogen and oxygen atoms in total. The maximum atomic E-state index is 12.5. The number of carbonyl (C=O) groups is 1. The molecule has 1 aromatic carbocycles.